The van der Waals surface area contributed by atoms with Crippen LogP contribution < -0.4 is 28.6 Å². The van der Waals surface area contributed by atoms with E-state index in [9.17, 15) is 13.2 Å². The largest absolute Gasteiger partial charge is 0.497 e. The number of anilines is 1. The van der Waals surface area contributed by atoms with Gasteiger partial charge in [0.1, 0.15) is 24.7 Å². The normalized spacial score (nSPS) is 13.7. The molecule has 1 atom stereocenters. The average Bonchev–Trinajstić information content (AvgIpc) is 2.80. The number of sulfonamides is 1. The molecule has 0 fully saturated rings. The van der Waals surface area contributed by atoms with E-state index in [2.05, 4.69) is 5.32 Å². The Kier molecular flexibility index (Phi) is 7.91. The van der Waals surface area contributed by atoms with Crippen LogP contribution in [0.5, 0.6) is 23.0 Å². The highest BCUT2D eigenvalue weighted by atomic mass is 32.2. The van der Waals surface area contributed by atoms with Crippen molar-refractivity contribution in [2.45, 2.75) is 25.8 Å². The molecule has 1 aliphatic heterocycles. The third-order valence-corrected chi connectivity index (χ3v) is 6.45. The molecule has 1 heterocycles. The number of nitrogens with one attached hydrogen (secondary N) is 1. The van der Waals surface area contributed by atoms with Crippen LogP contribution in [0.25, 0.3) is 0 Å². The van der Waals surface area contributed by atoms with E-state index >= 15 is 0 Å². The van der Waals surface area contributed by atoms with Crippen LogP contribution in [-0.4, -0.2) is 54.6 Å². The van der Waals surface area contributed by atoms with Crippen molar-refractivity contribution in [3.63, 3.8) is 0 Å². The highest BCUT2D eigenvalue weighted by molar-refractivity contribution is 7.92. The maximum absolute atomic E-state index is 12.6. The third kappa shape index (κ3) is 6.22. The van der Waals surface area contributed by atoms with Gasteiger partial charge in [-0.25, -0.2) is 8.42 Å². The Balaban J connectivity index is 1.62. The number of methoxy groups -OCH3 is 2. The minimum atomic E-state index is -3.55. The fourth-order valence-electron chi connectivity index (χ4n) is 3.63. The van der Waals surface area contributed by atoms with Gasteiger partial charge in [-0.15, -0.1) is 0 Å². The fourth-order valence-corrected chi connectivity index (χ4v) is 4.58. The van der Waals surface area contributed by atoms with E-state index in [4.69, 9.17) is 18.9 Å². The maximum Gasteiger partial charge on any atom is 0.232 e. The molecule has 0 spiro atoms. The van der Waals surface area contributed by atoms with E-state index in [1.165, 1.54) is 4.31 Å². The predicted molar refractivity (Wildman–Crippen MR) is 125 cm³/mol. The number of amides is 1. The molecule has 0 bridgehead atoms. The second-order valence-electron chi connectivity index (χ2n) is 7.66. The Morgan fingerprint density at radius 1 is 1.09 bits per heavy atom. The number of carbonyl (C=O) groups is 1. The van der Waals surface area contributed by atoms with Crippen LogP contribution in [0.3, 0.4) is 0 Å². The summed E-state index contributed by atoms with van der Waals surface area (Å²) in [7, 11) is -0.410. The first kappa shape index (κ1) is 24.5. The number of rotatable bonds is 10. The van der Waals surface area contributed by atoms with Crippen molar-refractivity contribution in [2.75, 3.05) is 44.5 Å². The van der Waals surface area contributed by atoms with E-state index in [-0.39, 0.29) is 24.9 Å². The van der Waals surface area contributed by atoms with Crippen molar-refractivity contribution in [3.05, 3.63) is 42.0 Å². The Morgan fingerprint density at radius 3 is 2.48 bits per heavy atom. The number of hydrogen-bond donors (Lipinski definition) is 1. The van der Waals surface area contributed by atoms with E-state index in [0.717, 1.165) is 11.8 Å². The quantitative estimate of drug-likeness (QED) is 0.560. The SMILES string of the molecule is COc1ccc(OC)c([C@H](C)NC(=O)CCCN(c2ccc3c(c2)OCCO3)S(C)(=O)=O)c1. The molecule has 1 aliphatic rings. The van der Waals surface area contributed by atoms with Crippen LogP contribution in [0.4, 0.5) is 5.69 Å². The second kappa shape index (κ2) is 10.7. The molecule has 10 heteroatoms. The summed E-state index contributed by atoms with van der Waals surface area (Å²) in [5.41, 5.74) is 1.26. The lowest BCUT2D eigenvalue weighted by molar-refractivity contribution is -0.121. The second-order valence-corrected chi connectivity index (χ2v) is 9.57. The van der Waals surface area contributed by atoms with Crippen LogP contribution in [-0.2, 0) is 14.8 Å². The molecule has 9 nitrogen and oxygen atoms in total. The summed E-state index contributed by atoms with van der Waals surface area (Å²) < 4.78 is 47.8. The predicted octanol–water partition coefficient (Wildman–Crippen LogP) is 2.90. The minimum absolute atomic E-state index is 0.156. The third-order valence-electron chi connectivity index (χ3n) is 5.26. The first-order valence-corrected chi connectivity index (χ1v) is 12.5. The van der Waals surface area contributed by atoms with Crippen LogP contribution in [0.2, 0.25) is 0 Å². The van der Waals surface area contributed by atoms with E-state index in [1.807, 2.05) is 13.0 Å². The van der Waals surface area contributed by atoms with Gasteiger partial charge in [0.2, 0.25) is 15.9 Å². The molecule has 0 radical (unpaired) electrons. The van der Waals surface area contributed by atoms with Gasteiger partial charge in [0.05, 0.1) is 32.2 Å². The lowest BCUT2D eigenvalue weighted by Gasteiger charge is -2.25. The lowest BCUT2D eigenvalue weighted by atomic mass is 10.1. The number of benzene rings is 2. The lowest BCUT2D eigenvalue weighted by Crippen LogP contribution is -2.32. The van der Waals surface area contributed by atoms with Gasteiger partial charge in [0.25, 0.3) is 0 Å². The van der Waals surface area contributed by atoms with Gasteiger partial charge in [0.15, 0.2) is 11.5 Å². The summed E-state index contributed by atoms with van der Waals surface area (Å²) in [4.78, 5) is 12.6. The molecule has 33 heavy (non-hydrogen) atoms. The molecule has 0 aromatic heterocycles. The zero-order chi connectivity index (χ0) is 24.0. The Labute approximate surface area is 194 Å². The molecule has 0 saturated carbocycles. The van der Waals surface area contributed by atoms with Crippen LogP contribution >= 0.6 is 0 Å². The monoisotopic (exact) mass is 478 g/mol. The van der Waals surface area contributed by atoms with Crippen LogP contribution in [0, 0.1) is 0 Å². The molecule has 3 rings (SSSR count). The molecule has 2 aromatic rings. The summed E-state index contributed by atoms with van der Waals surface area (Å²) in [6, 6.07) is 10.1. The molecule has 0 saturated heterocycles. The van der Waals surface area contributed by atoms with E-state index in [1.54, 1.807) is 44.6 Å². The van der Waals surface area contributed by atoms with Crippen LogP contribution in [0.15, 0.2) is 36.4 Å². The van der Waals surface area contributed by atoms with Crippen molar-refractivity contribution < 1.29 is 32.2 Å². The van der Waals surface area contributed by atoms with Gasteiger partial charge in [-0.05, 0) is 43.7 Å². The molecule has 180 valence electrons. The number of hydrogen-bond acceptors (Lipinski definition) is 7. The highest BCUT2D eigenvalue weighted by Crippen LogP contribution is 2.35. The average molecular weight is 479 g/mol. The zero-order valence-corrected chi connectivity index (χ0v) is 20.1. The van der Waals surface area contributed by atoms with Crippen molar-refractivity contribution in [3.8, 4) is 23.0 Å². The summed E-state index contributed by atoms with van der Waals surface area (Å²) in [6.07, 6.45) is 1.64. The summed E-state index contributed by atoms with van der Waals surface area (Å²) in [5.74, 6) is 2.20. The van der Waals surface area contributed by atoms with Gasteiger partial charge in [-0.1, -0.05) is 0 Å². The molecule has 1 amide bonds. The summed E-state index contributed by atoms with van der Waals surface area (Å²) in [5, 5.41) is 2.94. The molecule has 0 aliphatic carbocycles. The molecular weight excluding hydrogens is 448 g/mol. The Hall–Kier alpha value is -3.14. The van der Waals surface area contributed by atoms with Crippen molar-refractivity contribution >= 4 is 21.6 Å². The van der Waals surface area contributed by atoms with Crippen molar-refractivity contribution in [1.29, 1.82) is 0 Å². The van der Waals surface area contributed by atoms with Gasteiger partial charge >= 0.3 is 0 Å². The standard InChI is InChI=1S/C23H30N2O7S/c1-16(19-15-18(29-2)8-10-20(19)30-3)24-23(26)6-5-11-25(33(4,27)28)17-7-9-21-22(14-17)32-13-12-31-21/h7-10,14-16H,5-6,11-13H2,1-4H3,(H,24,26)/t16-/m0/s1. The smallest absolute Gasteiger partial charge is 0.232 e. The summed E-state index contributed by atoms with van der Waals surface area (Å²) in [6.45, 7) is 2.87. The number of fused-ring (bicyclic) bond motifs is 1. The van der Waals surface area contributed by atoms with Crippen LogP contribution in [0.1, 0.15) is 31.4 Å². The Morgan fingerprint density at radius 2 is 1.82 bits per heavy atom. The molecule has 2 aromatic carbocycles. The minimum Gasteiger partial charge on any atom is -0.497 e. The molecule has 1 N–H and O–H groups in total. The number of carbonyl (C=O) groups excluding carboxylic acids is 1. The van der Waals surface area contributed by atoms with Gasteiger partial charge in [-0.3, -0.25) is 9.10 Å². The van der Waals surface area contributed by atoms with Gasteiger partial charge < -0.3 is 24.3 Å². The summed E-state index contributed by atoms with van der Waals surface area (Å²) >= 11 is 0. The van der Waals surface area contributed by atoms with Crippen molar-refractivity contribution in [1.82, 2.24) is 5.32 Å². The Bertz CT molecular complexity index is 1090. The fraction of sp³-hybridized carbons (Fsp3) is 0.435. The molecular formula is C23H30N2O7S. The maximum atomic E-state index is 12.6. The van der Waals surface area contributed by atoms with E-state index < -0.39 is 10.0 Å². The topological polar surface area (TPSA) is 103 Å². The molecule has 0 unspecified atom stereocenters. The highest BCUT2D eigenvalue weighted by Gasteiger charge is 2.21. The first-order chi connectivity index (χ1) is 15.7. The number of nitrogens with zero attached hydrogens (tertiary/aromatic N) is 1. The first-order valence-electron chi connectivity index (χ1n) is 10.6. The number of ether oxygens (including phenoxy) is 4. The van der Waals surface area contributed by atoms with Gasteiger partial charge in [0, 0.05) is 24.6 Å². The van der Waals surface area contributed by atoms with Gasteiger partial charge in [-0.2, -0.15) is 0 Å². The van der Waals surface area contributed by atoms with Crippen molar-refractivity contribution in [2.24, 2.45) is 0 Å². The van der Waals surface area contributed by atoms with E-state index in [0.29, 0.717) is 48.3 Å². The zero-order valence-electron chi connectivity index (χ0n) is 19.3.